The molecule has 0 N–H and O–H groups in total. The van der Waals surface area contributed by atoms with Crippen LogP contribution >= 0.6 is 0 Å². The van der Waals surface area contributed by atoms with Gasteiger partial charge in [-0.25, -0.2) is 4.98 Å². The minimum Gasteiger partial charge on any atom is -0.368 e. The van der Waals surface area contributed by atoms with E-state index < -0.39 is 0 Å². The van der Waals surface area contributed by atoms with Crippen LogP contribution in [-0.4, -0.2) is 59.4 Å². The number of carbonyl (C=O) groups excluding carboxylic acids is 1. The maximum atomic E-state index is 12.6. The van der Waals surface area contributed by atoms with E-state index in [4.69, 9.17) is 4.74 Å². The third kappa shape index (κ3) is 4.17. The lowest BCUT2D eigenvalue weighted by molar-refractivity contribution is -0.139. The smallest absolute Gasteiger partial charge is 0.223 e. The van der Waals surface area contributed by atoms with Gasteiger partial charge in [0.15, 0.2) is 0 Å². The van der Waals surface area contributed by atoms with Gasteiger partial charge in [-0.3, -0.25) is 9.48 Å². The number of nitrogens with zero attached hydrogens (tertiary/aromatic N) is 5. The molecule has 1 aliphatic rings. The van der Waals surface area contributed by atoms with Gasteiger partial charge in [-0.2, -0.15) is 5.10 Å². The molecule has 0 saturated carbocycles. The number of hydrogen-bond donors (Lipinski definition) is 0. The SMILES string of the molecule is CN(C)c1cccc(C2CN(C(=O)CCc3ccnn3C)CCO2)n1. The van der Waals surface area contributed by atoms with Gasteiger partial charge in [0.05, 0.1) is 18.8 Å². The number of morpholine rings is 1. The molecule has 1 aliphatic heterocycles. The molecular weight excluding hydrogens is 318 g/mol. The van der Waals surface area contributed by atoms with Gasteiger partial charge >= 0.3 is 0 Å². The Morgan fingerprint density at radius 3 is 2.92 bits per heavy atom. The van der Waals surface area contributed by atoms with Crippen LogP contribution in [0.15, 0.2) is 30.5 Å². The number of hydrogen-bond acceptors (Lipinski definition) is 5. The summed E-state index contributed by atoms with van der Waals surface area (Å²) in [5.41, 5.74) is 1.94. The molecule has 3 heterocycles. The van der Waals surface area contributed by atoms with Crippen LogP contribution < -0.4 is 4.90 Å². The van der Waals surface area contributed by atoms with Crippen molar-refractivity contribution >= 4 is 11.7 Å². The molecular formula is C18H25N5O2. The first-order chi connectivity index (χ1) is 12.0. The Labute approximate surface area is 148 Å². The average Bonchev–Trinajstić information content (AvgIpc) is 3.05. The summed E-state index contributed by atoms with van der Waals surface area (Å²) in [6.45, 7) is 1.72. The van der Waals surface area contributed by atoms with Gasteiger partial charge in [0, 0.05) is 46.0 Å². The monoisotopic (exact) mass is 343 g/mol. The van der Waals surface area contributed by atoms with Gasteiger partial charge in [-0.1, -0.05) is 6.07 Å². The molecule has 1 saturated heterocycles. The lowest BCUT2D eigenvalue weighted by atomic mass is 10.1. The number of ether oxygens (including phenoxy) is 1. The van der Waals surface area contributed by atoms with Crippen LogP contribution in [0.5, 0.6) is 0 Å². The summed E-state index contributed by atoms with van der Waals surface area (Å²) in [5.74, 6) is 1.04. The first-order valence-corrected chi connectivity index (χ1v) is 8.55. The highest BCUT2D eigenvalue weighted by Gasteiger charge is 2.26. The quantitative estimate of drug-likeness (QED) is 0.821. The summed E-state index contributed by atoms with van der Waals surface area (Å²) in [5, 5.41) is 4.14. The summed E-state index contributed by atoms with van der Waals surface area (Å²) in [7, 11) is 5.82. The number of anilines is 1. The predicted octanol–water partition coefficient (Wildman–Crippen LogP) is 1.41. The summed E-state index contributed by atoms with van der Waals surface area (Å²) in [6.07, 6.45) is 2.77. The topological polar surface area (TPSA) is 63.5 Å². The molecule has 1 atom stereocenters. The second-order valence-electron chi connectivity index (χ2n) is 6.46. The van der Waals surface area contributed by atoms with E-state index in [2.05, 4.69) is 10.1 Å². The van der Waals surface area contributed by atoms with Gasteiger partial charge in [0.25, 0.3) is 0 Å². The molecule has 0 spiro atoms. The molecule has 134 valence electrons. The highest BCUT2D eigenvalue weighted by atomic mass is 16.5. The average molecular weight is 343 g/mol. The van der Waals surface area contributed by atoms with Gasteiger partial charge < -0.3 is 14.5 Å². The zero-order valence-electron chi connectivity index (χ0n) is 15.1. The van der Waals surface area contributed by atoms with Gasteiger partial charge in [0.2, 0.25) is 5.91 Å². The zero-order valence-corrected chi connectivity index (χ0v) is 15.1. The minimum absolute atomic E-state index is 0.151. The van der Waals surface area contributed by atoms with Crippen molar-refractivity contribution in [3.8, 4) is 0 Å². The summed E-state index contributed by atoms with van der Waals surface area (Å²) < 4.78 is 7.67. The Balaban J connectivity index is 1.61. The predicted molar refractivity (Wildman–Crippen MR) is 95.4 cm³/mol. The van der Waals surface area contributed by atoms with E-state index in [0.717, 1.165) is 17.2 Å². The molecule has 7 heteroatoms. The molecule has 0 radical (unpaired) electrons. The fraction of sp³-hybridized carbons (Fsp3) is 0.500. The van der Waals surface area contributed by atoms with E-state index >= 15 is 0 Å². The fourth-order valence-corrected chi connectivity index (χ4v) is 2.96. The second-order valence-corrected chi connectivity index (χ2v) is 6.46. The zero-order chi connectivity index (χ0) is 17.8. The summed E-state index contributed by atoms with van der Waals surface area (Å²) in [6, 6.07) is 7.85. The van der Waals surface area contributed by atoms with Crippen molar-refractivity contribution < 1.29 is 9.53 Å². The molecule has 2 aromatic rings. The molecule has 3 rings (SSSR count). The van der Waals surface area contributed by atoms with Crippen molar-refractivity contribution in [3.63, 3.8) is 0 Å². The number of rotatable bonds is 5. The van der Waals surface area contributed by atoms with Crippen molar-refractivity contribution in [2.45, 2.75) is 18.9 Å². The molecule has 1 fully saturated rings. The molecule has 0 bridgehead atoms. The molecule has 0 aromatic carbocycles. The Bertz CT molecular complexity index is 728. The van der Waals surface area contributed by atoms with Crippen LogP contribution in [0.3, 0.4) is 0 Å². The van der Waals surface area contributed by atoms with Crippen molar-refractivity contribution in [2.24, 2.45) is 7.05 Å². The van der Waals surface area contributed by atoms with Gasteiger partial charge in [-0.05, 0) is 24.6 Å². The Morgan fingerprint density at radius 2 is 2.20 bits per heavy atom. The van der Waals surface area contributed by atoms with E-state index in [-0.39, 0.29) is 12.0 Å². The van der Waals surface area contributed by atoms with Gasteiger partial charge in [0.1, 0.15) is 11.9 Å². The van der Waals surface area contributed by atoms with Crippen LogP contribution in [0.25, 0.3) is 0 Å². The van der Waals surface area contributed by atoms with E-state index in [0.29, 0.717) is 32.5 Å². The van der Waals surface area contributed by atoms with Crippen molar-refractivity contribution in [1.29, 1.82) is 0 Å². The first kappa shape index (κ1) is 17.4. The van der Waals surface area contributed by atoms with E-state index in [1.165, 1.54) is 0 Å². The normalized spacial score (nSPS) is 17.6. The van der Waals surface area contributed by atoms with E-state index in [1.807, 2.05) is 59.9 Å². The van der Waals surface area contributed by atoms with Crippen molar-refractivity contribution in [3.05, 3.63) is 41.9 Å². The first-order valence-electron chi connectivity index (χ1n) is 8.55. The largest absolute Gasteiger partial charge is 0.368 e. The third-order valence-corrected chi connectivity index (χ3v) is 4.48. The Morgan fingerprint density at radius 1 is 1.36 bits per heavy atom. The molecule has 2 aromatic heterocycles. The molecule has 25 heavy (non-hydrogen) atoms. The van der Waals surface area contributed by atoms with Crippen LogP contribution in [0.4, 0.5) is 5.82 Å². The second kappa shape index (κ2) is 7.65. The standard InChI is InChI=1S/C18H25N5O2/c1-21(2)17-6-4-5-15(20-17)16-13-23(11-12-25-16)18(24)8-7-14-9-10-19-22(14)3/h4-6,9-10,16H,7-8,11-13H2,1-3H3. The van der Waals surface area contributed by atoms with Crippen LogP contribution in [-0.2, 0) is 23.0 Å². The summed E-state index contributed by atoms with van der Waals surface area (Å²) in [4.78, 5) is 21.1. The van der Waals surface area contributed by atoms with Crippen LogP contribution in [0.1, 0.15) is 23.9 Å². The van der Waals surface area contributed by atoms with Crippen LogP contribution in [0.2, 0.25) is 0 Å². The maximum absolute atomic E-state index is 12.6. The lowest BCUT2D eigenvalue weighted by Gasteiger charge is -2.33. The number of aryl methyl sites for hydroxylation is 2. The minimum atomic E-state index is -0.172. The number of carbonyl (C=O) groups is 1. The van der Waals surface area contributed by atoms with E-state index in [1.54, 1.807) is 6.20 Å². The van der Waals surface area contributed by atoms with Crippen molar-refractivity contribution in [2.75, 3.05) is 38.7 Å². The fourth-order valence-electron chi connectivity index (χ4n) is 2.96. The number of aromatic nitrogens is 3. The lowest BCUT2D eigenvalue weighted by Crippen LogP contribution is -2.42. The van der Waals surface area contributed by atoms with E-state index in [9.17, 15) is 4.79 Å². The van der Waals surface area contributed by atoms with Crippen molar-refractivity contribution in [1.82, 2.24) is 19.7 Å². The van der Waals surface area contributed by atoms with Crippen LogP contribution in [0, 0.1) is 0 Å². The Hall–Kier alpha value is -2.41. The summed E-state index contributed by atoms with van der Waals surface area (Å²) >= 11 is 0. The number of amides is 1. The molecule has 7 nitrogen and oxygen atoms in total. The number of pyridine rings is 1. The molecule has 1 amide bonds. The highest BCUT2D eigenvalue weighted by molar-refractivity contribution is 5.76. The maximum Gasteiger partial charge on any atom is 0.223 e. The third-order valence-electron chi connectivity index (χ3n) is 4.48. The van der Waals surface area contributed by atoms with Gasteiger partial charge in [-0.15, -0.1) is 0 Å². The highest BCUT2D eigenvalue weighted by Crippen LogP contribution is 2.23. The molecule has 1 unspecified atom stereocenters. The molecule has 0 aliphatic carbocycles. The Kier molecular flexibility index (Phi) is 5.33.